The first-order valence-electron chi connectivity index (χ1n) is 12.6. The molecule has 3 N–H and O–H groups in total. The Morgan fingerprint density at radius 3 is 2.44 bits per heavy atom. The van der Waals surface area contributed by atoms with Gasteiger partial charge in [0.1, 0.15) is 11.5 Å². The molecule has 5 atom stereocenters. The molecule has 5 fully saturated rings. The number of hydrogen-bond acceptors (Lipinski definition) is 4. The van der Waals surface area contributed by atoms with Crippen LogP contribution in [0.4, 0.5) is 5.82 Å². The van der Waals surface area contributed by atoms with Crippen LogP contribution in [0.5, 0.6) is 0 Å². The van der Waals surface area contributed by atoms with E-state index in [4.69, 9.17) is 17.3 Å². The van der Waals surface area contributed by atoms with E-state index in [0.717, 1.165) is 42.8 Å². The highest BCUT2D eigenvalue weighted by molar-refractivity contribution is 6.33. The van der Waals surface area contributed by atoms with E-state index in [9.17, 15) is 14.4 Å². The molecule has 8 rings (SSSR count). The van der Waals surface area contributed by atoms with E-state index in [1.54, 1.807) is 25.3 Å². The average molecular weight is 510 g/mol. The summed E-state index contributed by atoms with van der Waals surface area (Å²) < 4.78 is 1.99. The van der Waals surface area contributed by atoms with Crippen LogP contribution in [0.15, 0.2) is 18.3 Å². The molecule has 3 aliphatic carbocycles. The largest absolute Gasteiger partial charge is 0.364 e. The van der Waals surface area contributed by atoms with Crippen LogP contribution in [-0.4, -0.2) is 45.3 Å². The van der Waals surface area contributed by atoms with Gasteiger partial charge in [-0.2, -0.15) is 0 Å². The number of amides is 3. The number of anilines is 1. The van der Waals surface area contributed by atoms with Crippen molar-refractivity contribution in [3.8, 4) is 11.1 Å². The summed E-state index contributed by atoms with van der Waals surface area (Å²) in [4.78, 5) is 43.9. The molecule has 190 valence electrons. The summed E-state index contributed by atoms with van der Waals surface area (Å²) in [5.41, 5.74) is 8.27. The number of fused-ring (bicyclic) bond motifs is 4. The van der Waals surface area contributed by atoms with Gasteiger partial charge in [0, 0.05) is 49.6 Å². The zero-order valence-corrected chi connectivity index (χ0v) is 21.9. The van der Waals surface area contributed by atoms with Crippen molar-refractivity contribution in [3.05, 3.63) is 34.7 Å². The molecule has 4 bridgehead atoms. The molecule has 2 aromatic rings. The minimum absolute atomic E-state index is 0.000000261. The standard InChI is InChI=1S/C27H32ClN5O3/c1-13(34)32-10-17-16-7-27(4,23(17)18(16)11-32)25(36)31-22-6-14(19(28)9-30-22)15-5-20(24(29)35)33-12-26(2,3)8-21(15)33/h5-6,9,16-18,23H,7-8,10-12H2,1-4H3,(H2,29,35)(H,30,31,36)/t16-,17-,18+,23?,27?. The molecule has 9 heteroatoms. The number of halogens is 1. The summed E-state index contributed by atoms with van der Waals surface area (Å²) in [6.07, 6.45) is 3.18. The first kappa shape index (κ1) is 23.5. The molecule has 2 aromatic heterocycles. The number of nitrogens with two attached hydrogens (primary N) is 1. The number of rotatable bonds is 4. The van der Waals surface area contributed by atoms with E-state index in [1.807, 2.05) is 9.47 Å². The van der Waals surface area contributed by atoms with Gasteiger partial charge in [-0.1, -0.05) is 32.4 Å². The van der Waals surface area contributed by atoms with Crippen LogP contribution in [0.25, 0.3) is 11.1 Å². The summed E-state index contributed by atoms with van der Waals surface area (Å²) in [6, 6.07) is 3.60. The van der Waals surface area contributed by atoms with Gasteiger partial charge in [0.25, 0.3) is 5.91 Å². The fourth-order valence-corrected chi connectivity index (χ4v) is 7.99. The van der Waals surface area contributed by atoms with Gasteiger partial charge < -0.3 is 20.5 Å². The SMILES string of the molecule is CC(=O)N1C[C@@H]2C3[C@H](C1)[C@H]2CC3(C)C(=O)Nc1cc(-c2cc(C(N)=O)n3c2CC(C)(C)C3)c(Cl)cn1. The Kier molecular flexibility index (Phi) is 4.95. The molecular weight excluding hydrogens is 478 g/mol. The molecule has 36 heavy (non-hydrogen) atoms. The lowest BCUT2D eigenvalue weighted by molar-refractivity contribution is -0.146. The maximum atomic E-state index is 13.6. The molecule has 3 aliphatic heterocycles. The van der Waals surface area contributed by atoms with Crippen LogP contribution in [-0.2, 0) is 22.6 Å². The van der Waals surface area contributed by atoms with Crippen LogP contribution in [0.2, 0.25) is 5.02 Å². The van der Waals surface area contributed by atoms with Gasteiger partial charge in [-0.25, -0.2) is 4.98 Å². The molecule has 0 spiro atoms. The van der Waals surface area contributed by atoms with Gasteiger partial charge in [-0.15, -0.1) is 0 Å². The van der Waals surface area contributed by atoms with E-state index >= 15 is 0 Å². The summed E-state index contributed by atoms with van der Waals surface area (Å²) in [6.45, 7) is 10.2. The fraction of sp³-hybridized carbons (Fsp3) is 0.556. The minimum atomic E-state index is -0.481. The molecule has 3 saturated carbocycles. The van der Waals surface area contributed by atoms with Crippen LogP contribution in [0.1, 0.15) is 50.3 Å². The normalized spacial score (nSPS) is 31.1. The Morgan fingerprint density at radius 1 is 1.11 bits per heavy atom. The van der Waals surface area contributed by atoms with Crippen molar-refractivity contribution in [2.75, 3.05) is 18.4 Å². The van der Waals surface area contributed by atoms with E-state index in [1.165, 1.54) is 0 Å². The summed E-state index contributed by atoms with van der Waals surface area (Å²) in [5.74, 6) is 1.66. The minimum Gasteiger partial charge on any atom is -0.364 e. The summed E-state index contributed by atoms with van der Waals surface area (Å²) >= 11 is 6.58. The van der Waals surface area contributed by atoms with Crippen molar-refractivity contribution in [2.24, 2.45) is 40.2 Å². The Morgan fingerprint density at radius 2 is 1.81 bits per heavy atom. The maximum absolute atomic E-state index is 13.6. The van der Waals surface area contributed by atoms with Gasteiger partial charge in [0.2, 0.25) is 11.8 Å². The van der Waals surface area contributed by atoms with Gasteiger partial charge in [0.05, 0.1) is 10.4 Å². The molecule has 8 nitrogen and oxygen atoms in total. The number of nitrogens with zero attached hydrogens (tertiary/aromatic N) is 3. The van der Waals surface area contributed by atoms with Gasteiger partial charge >= 0.3 is 0 Å². The second kappa shape index (κ2) is 7.57. The Bertz CT molecular complexity index is 1320. The highest BCUT2D eigenvalue weighted by Gasteiger charge is 2.70. The van der Waals surface area contributed by atoms with E-state index in [0.29, 0.717) is 46.8 Å². The highest BCUT2D eigenvalue weighted by atomic mass is 35.5. The van der Waals surface area contributed by atoms with Crippen molar-refractivity contribution in [1.82, 2.24) is 14.5 Å². The maximum Gasteiger partial charge on any atom is 0.265 e. The van der Waals surface area contributed by atoms with Crippen LogP contribution < -0.4 is 11.1 Å². The second-order valence-electron chi connectivity index (χ2n) is 12.2. The first-order valence-corrected chi connectivity index (χ1v) is 13.0. The van der Waals surface area contributed by atoms with Gasteiger partial charge in [0.15, 0.2) is 0 Å². The fourth-order valence-electron chi connectivity index (χ4n) is 7.79. The lowest BCUT2D eigenvalue weighted by Gasteiger charge is -2.55. The lowest BCUT2D eigenvalue weighted by Crippen LogP contribution is -2.60. The predicted molar refractivity (Wildman–Crippen MR) is 136 cm³/mol. The third-order valence-electron chi connectivity index (χ3n) is 9.32. The number of primary amides is 1. The second-order valence-corrected chi connectivity index (χ2v) is 12.7. The first-order chi connectivity index (χ1) is 16.9. The van der Waals surface area contributed by atoms with E-state index in [2.05, 4.69) is 31.1 Å². The Labute approximate surface area is 215 Å². The molecule has 2 saturated heterocycles. The number of pyridine rings is 1. The number of nitrogens with one attached hydrogen (secondary N) is 1. The lowest BCUT2D eigenvalue weighted by atomic mass is 9.57. The van der Waals surface area contributed by atoms with Crippen LogP contribution in [0.3, 0.4) is 0 Å². The van der Waals surface area contributed by atoms with E-state index in [-0.39, 0.29) is 17.2 Å². The highest BCUT2D eigenvalue weighted by Crippen LogP contribution is 2.69. The zero-order chi connectivity index (χ0) is 25.7. The van der Waals surface area contributed by atoms with Crippen LogP contribution >= 0.6 is 11.6 Å². The molecular formula is C27H32ClN5O3. The average Bonchev–Trinajstić information content (AvgIpc) is 3.50. The number of hydrogen-bond donors (Lipinski definition) is 2. The van der Waals surface area contributed by atoms with Crippen molar-refractivity contribution < 1.29 is 14.4 Å². The third-order valence-corrected chi connectivity index (χ3v) is 9.63. The molecule has 6 aliphatic rings. The molecule has 3 amide bonds. The molecule has 0 radical (unpaired) electrons. The van der Waals surface area contributed by atoms with Crippen LogP contribution in [0, 0.1) is 34.5 Å². The predicted octanol–water partition coefficient (Wildman–Crippen LogP) is 3.57. The third kappa shape index (κ3) is 3.26. The summed E-state index contributed by atoms with van der Waals surface area (Å²) in [5, 5.41) is 3.52. The smallest absolute Gasteiger partial charge is 0.265 e. The molecule has 2 unspecified atom stereocenters. The number of carbonyl (C=O) groups excluding carboxylic acids is 3. The van der Waals surface area contributed by atoms with Crippen molar-refractivity contribution in [2.45, 2.75) is 47.1 Å². The quantitative estimate of drug-likeness (QED) is 0.656. The Hall–Kier alpha value is -2.87. The van der Waals surface area contributed by atoms with Gasteiger partial charge in [-0.05, 0) is 54.1 Å². The summed E-state index contributed by atoms with van der Waals surface area (Å²) in [7, 11) is 0. The molecule has 0 aromatic carbocycles. The van der Waals surface area contributed by atoms with Gasteiger partial charge in [-0.3, -0.25) is 14.4 Å². The monoisotopic (exact) mass is 509 g/mol. The zero-order valence-electron chi connectivity index (χ0n) is 21.1. The van der Waals surface area contributed by atoms with Crippen molar-refractivity contribution in [1.29, 1.82) is 0 Å². The number of aromatic nitrogens is 2. The van der Waals surface area contributed by atoms with Crippen molar-refractivity contribution in [3.63, 3.8) is 0 Å². The molecule has 5 heterocycles. The number of carbonyl (C=O) groups is 3. The van der Waals surface area contributed by atoms with E-state index < -0.39 is 11.3 Å². The number of piperidine rings is 2. The van der Waals surface area contributed by atoms with Crippen molar-refractivity contribution >= 4 is 35.1 Å². The topological polar surface area (TPSA) is 110 Å². The Balaban J connectivity index is 1.27.